The van der Waals surface area contributed by atoms with Crippen molar-refractivity contribution in [1.82, 2.24) is 14.1 Å². The van der Waals surface area contributed by atoms with Crippen LogP contribution in [0.2, 0.25) is 0 Å². The van der Waals surface area contributed by atoms with Gasteiger partial charge in [-0.15, -0.1) is 0 Å². The van der Waals surface area contributed by atoms with E-state index in [4.69, 9.17) is 17.2 Å². The molecule has 0 radical (unpaired) electrons. The topological polar surface area (TPSA) is 22.8 Å². The molecule has 0 saturated carbocycles. The average Bonchev–Trinajstić information content (AvgIpc) is 3.02. The van der Waals surface area contributed by atoms with Crippen LogP contribution in [0.1, 0.15) is 25.3 Å². The number of pyridine rings is 1. The Bertz CT molecular complexity index is 1500. The summed E-state index contributed by atoms with van der Waals surface area (Å²) in [4.78, 5) is 4.71. The van der Waals surface area contributed by atoms with Crippen molar-refractivity contribution in [2.45, 2.75) is 19.8 Å². The Kier molecular flexibility index (Phi) is 4.75. The van der Waals surface area contributed by atoms with Crippen molar-refractivity contribution in [3.05, 3.63) is 83.3 Å². The molecule has 2 heterocycles. The van der Waals surface area contributed by atoms with Gasteiger partial charge in [-0.25, -0.2) is 0 Å². The van der Waals surface area contributed by atoms with Crippen molar-refractivity contribution < 1.29 is 0 Å². The van der Waals surface area contributed by atoms with Crippen LogP contribution in [-0.2, 0) is 14.1 Å². The highest BCUT2D eigenvalue weighted by Crippen LogP contribution is 2.33. The minimum absolute atomic E-state index is 0.445. The van der Waals surface area contributed by atoms with Crippen LogP contribution in [0.4, 0.5) is 0 Å². The third kappa shape index (κ3) is 3.28. The largest absolute Gasteiger partial charge is 0.320 e. The molecule has 0 bridgehead atoms. The molecule has 31 heavy (non-hydrogen) atoms. The Morgan fingerprint density at radius 2 is 1.52 bits per heavy atom. The first-order valence-corrected chi connectivity index (χ1v) is 11.0. The third-order valence-electron chi connectivity index (χ3n) is 6.18. The molecule has 0 aliphatic heterocycles. The molecular weight excluding hydrogens is 398 g/mol. The predicted octanol–water partition coefficient (Wildman–Crippen LogP) is 7.25. The predicted molar refractivity (Wildman–Crippen MR) is 133 cm³/mol. The van der Waals surface area contributed by atoms with Gasteiger partial charge in [-0.05, 0) is 82.0 Å². The van der Waals surface area contributed by atoms with Crippen LogP contribution in [0, 0.1) is 4.77 Å². The maximum atomic E-state index is 5.53. The van der Waals surface area contributed by atoms with Gasteiger partial charge in [0.25, 0.3) is 0 Å². The number of benzene rings is 3. The Balaban J connectivity index is 1.66. The number of nitrogens with zero attached hydrogens (tertiary/aromatic N) is 3. The average molecular weight is 424 g/mol. The molecule has 5 rings (SSSR count). The highest BCUT2D eigenvalue weighted by molar-refractivity contribution is 7.71. The zero-order valence-corrected chi connectivity index (χ0v) is 19.1. The second-order valence-corrected chi connectivity index (χ2v) is 8.84. The minimum Gasteiger partial charge on any atom is -0.320 e. The number of aryl methyl sites for hydroxylation is 2. The molecule has 4 heteroatoms. The van der Waals surface area contributed by atoms with Crippen LogP contribution >= 0.6 is 12.2 Å². The Morgan fingerprint density at radius 1 is 0.774 bits per heavy atom. The second-order valence-electron chi connectivity index (χ2n) is 8.48. The summed E-state index contributed by atoms with van der Waals surface area (Å²) in [5.74, 6) is 0.445. The fraction of sp³-hybridized carbons (Fsp3) is 0.185. The zero-order valence-electron chi connectivity index (χ0n) is 18.3. The van der Waals surface area contributed by atoms with Crippen LogP contribution in [-0.4, -0.2) is 14.1 Å². The fourth-order valence-corrected chi connectivity index (χ4v) is 4.62. The SMILES string of the molecule is CC(C)c1cc(-c2cc(-c3ccc4c(c3)n(C)c(=S)n4C)ccn2)cc2ccccc12. The fourth-order valence-electron chi connectivity index (χ4n) is 4.42. The summed E-state index contributed by atoms with van der Waals surface area (Å²) in [5.41, 5.74) is 8.10. The molecule has 0 atom stereocenters. The van der Waals surface area contributed by atoms with Crippen LogP contribution in [0.25, 0.3) is 44.2 Å². The molecule has 0 fully saturated rings. The Labute approximate surface area is 187 Å². The van der Waals surface area contributed by atoms with Crippen LogP contribution < -0.4 is 0 Å². The van der Waals surface area contributed by atoms with E-state index < -0.39 is 0 Å². The summed E-state index contributed by atoms with van der Waals surface area (Å²) >= 11 is 5.53. The summed E-state index contributed by atoms with van der Waals surface area (Å²) in [7, 11) is 4.04. The van der Waals surface area contributed by atoms with Crippen molar-refractivity contribution in [3.8, 4) is 22.4 Å². The second kappa shape index (κ2) is 7.47. The van der Waals surface area contributed by atoms with E-state index in [0.717, 1.165) is 38.2 Å². The normalized spacial score (nSPS) is 11.6. The third-order valence-corrected chi connectivity index (χ3v) is 6.72. The van der Waals surface area contributed by atoms with Crippen molar-refractivity contribution in [3.63, 3.8) is 0 Å². The van der Waals surface area contributed by atoms with Gasteiger partial charge in [0.1, 0.15) is 0 Å². The summed E-state index contributed by atoms with van der Waals surface area (Å²) in [6, 6.07) is 23.9. The van der Waals surface area contributed by atoms with Crippen molar-refractivity contribution in [2.75, 3.05) is 0 Å². The monoisotopic (exact) mass is 423 g/mol. The van der Waals surface area contributed by atoms with Crippen LogP contribution in [0.3, 0.4) is 0 Å². The van der Waals surface area contributed by atoms with Gasteiger partial charge in [-0.3, -0.25) is 4.98 Å². The van der Waals surface area contributed by atoms with Gasteiger partial charge in [0.15, 0.2) is 4.77 Å². The van der Waals surface area contributed by atoms with E-state index in [1.807, 2.05) is 20.3 Å². The first kappa shape index (κ1) is 19.7. The summed E-state index contributed by atoms with van der Waals surface area (Å²) in [6.07, 6.45) is 1.91. The number of hydrogen-bond acceptors (Lipinski definition) is 2. The molecule has 0 saturated heterocycles. The number of hydrogen-bond donors (Lipinski definition) is 0. The quantitative estimate of drug-likeness (QED) is 0.285. The number of rotatable bonds is 3. The number of fused-ring (bicyclic) bond motifs is 2. The lowest BCUT2D eigenvalue weighted by molar-refractivity contribution is 0.834. The molecular formula is C27H25N3S. The van der Waals surface area contributed by atoms with Gasteiger partial charge in [0.05, 0.1) is 16.7 Å². The standard InChI is InChI=1S/C27H25N3S/c1-17(2)23-14-21(13-20-7-5-6-8-22(20)23)24-15-19(11-12-28-24)18-9-10-25-26(16-18)30(4)27(31)29(25)3/h5-17H,1-4H3. The van der Waals surface area contributed by atoms with Gasteiger partial charge in [0, 0.05) is 25.9 Å². The molecule has 0 N–H and O–H groups in total. The van der Waals surface area contributed by atoms with E-state index >= 15 is 0 Å². The van der Waals surface area contributed by atoms with Gasteiger partial charge >= 0.3 is 0 Å². The highest BCUT2D eigenvalue weighted by Gasteiger charge is 2.12. The molecule has 0 aliphatic rings. The van der Waals surface area contributed by atoms with Crippen LogP contribution in [0.15, 0.2) is 72.9 Å². The lowest BCUT2D eigenvalue weighted by Gasteiger charge is -2.13. The molecule has 5 aromatic rings. The lowest BCUT2D eigenvalue weighted by atomic mass is 9.92. The van der Waals surface area contributed by atoms with E-state index in [1.165, 1.54) is 16.3 Å². The first-order chi connectivity index (χ1) is 14.9. The van der Waals surface area contributed by atoms with Gasteiger partial charge in [0.2, 0.25) is 0 Å². The van der Waals surface area contributed by atoms with Crippen LogP contribution in [0.5, 0.6) is 0 Å². The van der Waals surface area contributed by atoms with E-state index in [0.29, 0.717) is 5.92 Å². The number of aromatic nitrogens is 3. The van der Waals surface area contributed by atoms with Gasteiger partial charge in [-0.2, -0.15) is 0 Å². The van der Waals surface area contributed by atoms with Crippen molar-refractivity contribution in [1.29, 1.82) is 0 Å². The molecule has 3 nitrogen and oxygen atoms in total. The molecule has 2 aromatic heterocycles. The van der Waals surface area contributed by atoms with E-state index in [1.54, 1.807) is 0 Å². The van der Waals surface area contributed by atoms with Crippen molar-refractivity contribution >= 4 is 34.0 Å². The smallest absolute Gasteiger partial charge is 0.180 e. The Hall–Kier alpha value is -3.24. The molecule has 3 aromatic carbocycles. The molecule has 0 spiro atoms. The van der Waals surface area contributed by atoms with E-state index in [2.05, 4.69) is 89.7 Å². The highest BCUT2D eigenvalue weighted by atomic mass is 32.1. The van der Waals surface area contributed by atoms with Crippen molar-refractivity contribution in [2.24, 2.45) is 14.1 Å². The van der Waals surface area contributed by atoms with Gasteiger partial charge in [-0.1, -0.05) is 44.2 Å². The maximum absolute atomic E-state index is 5.53. The maximum Gasteiger partial charge on any atom is 0.180 e. The zero-order chi connectivity index (χ0) is 21.7. The Morgan fingerprint density at radius 3 is 2.32 bits per heavy atom. The summed E-state index contributed by atoms with van der Waals surface area (Å²) < 4.78 is 4.93. The summed E-state index contributed by atoms with van der Waals surface area (Å²) in [6.45, 7) is 4.50. The van der Waals surface area contributed by atoms with Gasteiger partial charge < -0.3 is 9.13 Å². The minimum atomic E-state index is 0.445. The number of imidazole rings is 1. The molecule has 0 amide bonds. The lowest BCUT2D eigenvalue weighted by Crippen LogP contribution is -1.93. The van der Waals surface area contributed by atoms with E-state index in [-0.39, 0.29) is 0 Å². The summed E-state index contributed by atoms with van der Waals surface area (Å²) in [5, 5.41) is 2.57. The first-order valence-electron chi connectivity index (χ1n) is 10.6. The van der Waals surface area contributed by atoms with E-state index in [9.17, 15) is 0 Å². The molecule has 0 aliphatic carbocycles. The molecule has 154 valence electrons. The molecule has 0 unspecified atom stereocenters.